The van der Waals surface area contributed by atoms with E-state index in [0.29, 0.717) is 18.4 Å². The van der Waals surface area contributed by atoms with E-state index in [0.717, 1.165) is 4.31 Å². The summed E-state index contributed by atoms with van der Waals surface area (Å²) in [5.74, 6) is -0.536. The van der Waals surface area contributed by atoms with E-state index in [1.54, 1.807) is 12.1 Å². The number of rotatable bonds is 2. The summed E-state index contributed by atoms with van der Waals surface area (Å²) in [6, 6.07) is 5.92. The van der Waals surface area contributed by atoms with Crippen molar-refractivity contribution < 1.29 is 12.8 Å². The Balaban J connectivity index is 2.14. The van der Waals surface area contributed by atoms with Crippen molar-refractivity contribution in [3.05, 3.63) is 53.1 Å². The van der Waals surface area contributed by atoms with Gasteiger partial charge in [0.2, 0.25) is 0 Å². The van der Waals surface area contributed by atoms with Crippen LogP contribution in [0.2, 0.25) is 5.02 Å². The van der Waals surface area contributed by atoms with Gasteiger partial charge >= 0.3 is 0 Å². The minimum absolute atomic E-state index is 0.0360. The fraction of sp³-hybridized carbons (Fsp3) is 0.214. The smallest absolute Gasteiger partial charge is 0.263 e. The number of anilines is 1. The molecule has 21 heavy (non-hydrogen) atoms. The summed E-state index contributed by atoms with van der Waals surface area (Å²) in [7, 11) is -3.87. The summed E-state index contributed by atoms with van der Waals surface area (Å²) in [5.41, 5.74) is 0.823. The van der Waals surface area contributed by atoms with Crippen molar-refractivity contribution >= 4 is 27.3 Å². The standard InChI is InChI=1S/C14H12ClFN2O2S/c15-11-7-12(9-17-8-11)21(19,20)18-6-2-4-10-3-1-5-13(16)14(10)18/h1,3,5,7-9H,2,4,6H2. The molecule has 1 aliphatic rings. The molecule has 0 bridgehead atoms. The highest BCUT2D eigenvalue weighted by Gasteiger charge is 2.31. The molecule has 0 radical (unpaired) electrons. The highest BCUT2D eigenvalue weighted by atomic mass is 35.5. The number of hydrogen-bond acceptors (Lipinski definition) is 3. The maximum absolute atomic E-state index is 14.1. The molecule has 1 aromatic carbocycles. The van der Waals surface area contributed by atoms with Gasteiger partial charge in [-0.1, -0.05) is 23.7 Å². The van der Waals surface area contributed by atoms with Gasteiger partial charge in [-0.2, -0.15) is 0 Å². The molecule has 1 aromatic heterocycles. The van der Waals surface area contributed by atoms with Gasteiger partial charge in [-0.25, -0.2) is 12.8 Å². The number of nitrogens with zero attached hydrogens (tertiary/aromatic N) is 2. The van der Waals surface area contributed by atoms with Crippen LogP contribution in [0.3, 0.4) is 0 Å². The number of pyridine rings is 1. The maximum Gasteiger partial charge on any atom is 0.266 e. The van der Waals surface area contributed by atoms with Crippen molar-refractivity contribution in [3.63, 3.8) is 0 Å². The normalized spacial score (nSPS) is 14.9. The molecular weight excluding hydrogens is 315 g/mol. The van der Waals surface area contributed by atoms with Crippen molar-refractivity contribution in [1.29, 1.82) is 0 Å². The van der Waals surface area contributed by atoms with Gasteiger partial charge < -0.3 is 0 Å². The first-order valence-corrected chi connectivity index (χ1v) is 8.22. The summed E-state index contributed by atoms with van der Waals surface area (Å²) < 4.78 is 40.6. The summed E-state index contributed by atoms with van der Waals surface area (Å²) in [4.78, 5) is 3.76. The lowest BCUT2D eigenvalue weighted by molar-refractivity contribution is 0.577. The van der Waals surface area contributed by atoms with E-state index in [-0.39, 0.29) is 22.2 Å². The molecule has 4 nitrogen and oxygen atoms in total. The van der Waals surface area contributed by atoms with Crippen LogP contribution in [0.15, 0.2) is 41.6 Å². The number of para-hydroxylation sites is 1. The van der Waals surface area contributed by atoms with Crippen LogP contribution in [-0.4, -0.2) is 19.9 Å². The summed E-state index contributed by atoms with van der Waals surface area (Å²) in [5, 5.41) is 0.224. The molecule has 1 aliphatic heterocycles. The van der Waals surface area contributed by atoms with Crippen LogP contribution >= 0.6 is 11.6 Å². The third-order valence-corrected chi connectivity index (χ3v) is 5.37. The molecule has 2 heterocycles. The second kappa shape index (κ2) is 5.27. The molecule has 0 spiro atoms. The minimum Gasteiger partial charge on any atom is -0.263 e. The molecule has 2 aromatic rings. The van der Waals surface area contributed by atoms with Gasteiger partial charge in [0.25, 0.3) is 10.0 Å². The van der Waals surface area contributed by atoms with Crippen molar-refractivity contribution in [2.24, 2.45) is 0 Å². The Morgan fingerprint density at radius 3 is 2.86 bits per heavy atom. The zero-order chi connectivity index (χ0) is 15.0. The fourth-order valence-electron chi connectivity index (χ4n) is 2.47. The van der Waals surface area contributed by atoms with Gasteiger partial charge in [0, 0.05) is 18.9 Å². The number of halogens is 2. The zero-order valence-electron chi connectivity index (χ0n) is 11.0. The second-order valence-electron chi connectivity index (χ2n) is 4.77. The van der Waals surface area contributed by atoms with E-state index in [4.69, 9.17) is 11.6 Å². The highest BCUT2D eigenvalue weighted by molar-refractivity contribution is 7.92. The predicted molar refractivity (Wildman–Crippen MR) is 78.5 cm³/mol. The molecular formula is C14H12ClFN2O2S. The van der Waals surface area contributed by atoms with Crippen LogP contribution in [0.4, 0.5) is 10.1 Å². The van der Waals surface area contributed by atoms with Crippen molar-refractivity contribution in [2.45, 2.75) is 17.7 Å². The van der Waals surface area contributed by atoms with Crippen LogP contribution in [-0.2, 0) is 16.4 Å². The Bertz CT molecular complexity index is 795. The first kappa shape index (κ1) is 14.3. The highest BCUT2D eigenvalue weighted by Crippen LogP contribution is 2.34. The topological polar surface area (TPSA) is 50.3 Å². The Morgan fingerprint density at radius 1 is 1.29 bits per heavy atom. The molecule has 0 unspecified atom stereocenters. The lowest BCUT2D eigenvalue weighted by atomic mass is 10.0. The van der Waals surface area contributed by atoms with Crippen molar-refractivity contribution in [1.82, 2.24) is 4.98 Å². The zero-order valence-corrected chi connectivity index (χ0v) is 12.5. The molecule has 0 aliphatic carbocycles. The second-order valence-corrected chi connectivity index (χ2v) is 7.07. The first-order chi connectivity index (χ1) is 10.00. The number of hydrogen-bond donors (Lipinski definition) is 0. The van der Waals surface area contributed by atoms with E-state index >= 15 is 0 Å². The third kappa shape index (κ3) is 2.49. The van der Waals surface area contributed by atoms with Crippen molar-refractivity contribution in [2.75, 3.05) is 10.8 Å². The molecule has 3 rings (SSSR count). The van der Waals surface area contributed by atoms with Gasteiger partial charge in [-0.15, -0.1) is 0 Å². The molecule has 0 fully saturated rings. The Labute approximate surface area is 127 Å². The van der Waals surface area contributed by atoms with E-state index in [9.17, 15) is 12.8 Å². The molecule has 0 saturated carbocycles. The van der Waals surface area contributed by atoms with Crippen LogP contribution in [0.25, 0.3) is 0 Å². The van der Waals surface area contributed by atoms with E-state index in [2.05, 4.69) is 4.98 Å². The molecule has 110 valence electrons. The summed E-state index contributed by atoms with van der Waals surface area (Å²) >= 11 is 5.80. The number of benzene rings is 1. The largest absolute Gasteiger partial charge is 0.266 e. The summed E-state index contributed by atoms with van der Waals surface area (Å²) in [6.45, 7) is 0.239. The van der Waals surface area contributed by atoms with Crippen LogP contribution in [0.5, 0.6) is 0 Å². The van der Waals surface area contributed by atoms with E-state index in [1.165, 1.54) is 24.5 Å². The van der Waals surface area contributed by atoms with Crippen LogP contribution in [0, 0.1) is 5.82 Å². The van der Waals surface area contributed by atoms with Gasteiger partial charge in [-0.05, 0) is 30.5 Å². The van der Waals surface area contributed by atoms with Gasteiger partial charge in [0.05, 0.1) is 10.7 Å². The van der Waals surface area contributed by atoms with Crippen LogP contribution in [0.1, 0.15) is 12.0 Å². The SMILES string of the molecule is O=S(=O)(c1cncc(Cl)c1)N1CCCc2cccc(F)c21. The Morgan fingerprint density at radius 2 is 2.10 bits per heavy atom. The number of aryl methyl sites for hydroxylation is 1. The Kier molecular flexibility index (Phi) is 3.59. The number of fused-ring (bicyclic) bond motifs is 1. The number of aromatic nitrogens is 1. The summed E-state index contributed by atoms with van der Waals surface area (Å²) in [6.07, 6.45) is 3.87. The minimum atomic E-state index is -3.87. The quantitative estimate of drug-likeness (QED) is 0.852. The number of sulfonamides is 1. The molecule has 0 N–H and O–H groups in total. The fourth-order valence-corrected chi connectivity index (χ4v) is 4.24. The monoisotopic (exact) mass is 326 g/mol. The third-order valence-electron chi connectivity index (χ3n) is 3.39. The molecule has 7 heteroatoms. The molecule has 0 saturated heterocycles. The van der Waals surface area contributed by atoms with Gasteiger partial charge in [0.15, 0.2) is 0 Å². The van der Waals surface area contributed by atoms with E-state index < -0.39 is 15.8 Å². The first-order valence-electron chi connectivity index (χ1n) is 6.41. The maximum atomic E-state index is 14.1. The predicted octanol–water partition coefficient (Wildman–Crippen LogP) is 3.02. The van der Waals surface area contributed by atoms with Gasteiger partial charge in [0.1, 0.15) is 10.7 Å². The average Bonchev–Trinajstić information content (AvgIpc) is 2.47. The molecule has 0 amide bonds. The van der Waals surface area contributed by atoms with Gasteiger partial charge in [-0.3, -0.25) is 9.29 Å². The Hall–Kier alpha value is -1.66. The van der Waals surface area contributed by atoms with Crippen LogP contribution < -0.4 is 4.31 Å². The lowest BCUT2D eigenvalue weighted by Gasteiger charge is -2.30. The molecule has 0 atom stereocenters. The lowest BCUT2D eigenvalue weighted by Crippen LogP contribution is -2.36. The van der Waals surface area contributed by atoms with E-state index in [1.807, 2.05) is 0 Å². The average molecular weight is 327 g/mol. The van der Waals surface area contributed by atoms with Crippen molar-refractivity contribution in [3.8, 4) is 0 Å².